The predicted octanol–water partition coefficient (Wildman–Crippen LogP) is 3.37. The van der Waals surface area contributed by atoms with Gasteiger partial charge in [-0.15, -0.1) is 0 Å². The highest BCUT2D eigenvalue weighted by molar-refractivity contribution is 5.84. The number of benzene rings is 1. The van der Waals surface area contributed by atoms with Crippen LogP contribution in [0.2, 0.25) is 0 Å². The minimum Gasteiger partial charge on any atom is -0.361 e. The summed E-state index contributed by atoms with van der Waals surface area (Å²) < 4.78 is 2.23. The van der Waals surface area contributed by atoms with Crippen LogP contribution in [0.4, 0.5) is 0 Å². The molecule has 28 heavy (non-hydrogen) atoms. The molecule has 2 aromatic heterocycles. The third kappa shape index (κ3) is 3.77. The van der Waals surface area contributed by atoms with Gasteiger partial charge in [0.1, 0.15) is 0 Å². The summed E-state index contributed by atoms with van der Waals surface area (Å²) in [6.07, 6.45) is 10.1. The van der Waals surface area contributed by atoms with Crippen LogP contribution in [0.15, 0.2) is 48.1 Å². The lowest BCUT2D eigenvalue weighted by Crippen LogP contribution is -2.49. The molecule has 148 valence electrons. The number of fused-ring (bicyclic) bond motifs is 1. The average molecular weight is 379 g/mol. The van der Waals surface area contributed by atoms with E-state index in [0.717, 1.165) is 38.4 Å². The van der Waals surface area contributed by atoms with E-state index in [-0.39, 0.29) is 0 Å². The summed E-state index contributed by atoms with van der Waals surface area (Å²) in [6.45, 7) is 7.33. The Morgan fingerprint density at radius 3 is 3.07 bits per heavy atom. The number of piperidine rings is 1. The van der Waals surface area contributed by atoms with Gasteiger partial charge in [-0.3, -0.25) is 4.99 Å². The first-order valence-corrected chi connectivity index (χ1v) is 10.2. The van der Waals surface area contributed by atoms with Gasteiger partial charge in [0.15, 0.2) is 5.96 Å². The number of imidazole rings is 1. The fourth-order valence-electron chi connectivity index (χ4n) is 4.24. The third-order valence-electron chi connectivity index (χ3n) is 5.94. The van der Waals surface area contributed by atoms with Crippen molar-refractivity contribution in [2.24, 2.45) is 10.9 Å². The molecule has 0 spiro atoms. The lowest BCUT2D eigenvalue weighted by molar-refractivity contribution is 0.189. The largest absolute Gasteiger partial charge is 0.361 e. The zero-order chi connectivity index (χ0) is 19.5. The number of aromatic nitrogens is 3. The number of guanidine groups is 1. The summed E-state index contributed by atoms with van der Waals surface area (Å²) in [5.41, 5.74) is 3.85. The van der Waals surface area contributed by atoms with E-state index in [9.17, 15) is 0 Å². The van der Waals surface area contributed by atoms with Crippen LogP contribution in [-0.2, 0) is 6.42 Å². The second-order valence-electron chi connectivity index (χ2n) is 7.88. The summed E-state index contributed by atoms with van der Waals surface area (Å²) in [7, 11) is 1.88. The molecule has 6 heteroatoms. The fourth-order valence-corrected chi connectivity index (χ4v) is 4.24. The van der Waals surface area contributed by atoms with Gasteiger partial charge in [-0.05, 0) is 42.9 Å². The molecule has 3 aromatic rings. The standard InChI is InChI=1S/C22H30N6/c1-16-4-5-19-18(13-26-20(19)12-16)6-8-25-22(23-3)27-10-7-17(2)21(14-27)28-11-9-24-15-28/h4-5,9,11-13,15,17,21,26H,6-8,10,14H2,1-3H3,(H,23,25). The molecule has 0 saturated carbocycles. The van der Waals surface area contributed by atoms with Crippen LogP contribution in [0.5, 0.6) is 0 Å². The number of H-pyrrole nitrogens is 1. The number of nitrogens with zero attached hydrogens (tertiary/aromatic N) is 4. The molecule has 0 bridgehead atoms. The van der Waals surface area contributed by atoms with E-state index >= 15 is 0 Å². The van der Waals surface area contributed by atoms with Crippen LogP contribution in [-0.4, -0.2) is 52.1 Å². The minimum atomic E-state index is 0.437. The molecule has 0 radical (unpaired) electrons. The van der Waals surface area contributed by atoms with Crippen molar-refractivity contribution in [2.45, 2.75) is 32.7 Å². The number of hydrogen-bond donors (Lipinski definition) is 2. The van der Waals surface area contributed by atoms with E-state index in [0.29, 0.717) is 12.0 Å². The second kappa shape index (κ2) is 8.09. The summed E-state index contributed by atoms with van der Waals surface area (Å²) in [4.78, 5) is 14.5. The van der Waals surface area contributed by atoms with Gasteiger partial charge >= 0.3 is 0 Å². The van der Waals surface area contributed by atoms with E-state index in [4.69, 9.17) is 0 Å². The van der Waals surface area contributed by atoms with Gasteiger partial charge in [-0.2, -0.15) is 0 Å². The lowest BCUT2D eigenvalue weighted by Gasteiger charge is -2.39. The molecule has 0 amide bonds. The second-order valence-corrected chi connectivity index (χ2v) is 7.88. The molecular weight excluding hydrogens is 348 g/mol. The van der Waals surface area contributed by atoms with Gasteiger partial charge < -0.3 is 19.8 Å². The third-order valence-corrected chi connectivity index (χ3v) is 5.94. The van der Waals surface area contributed by atoms with E-state index in [1.165, 1.54) is 22.0 Å². The molecule has 2 N–H and O–H groups in total. The number of hydrogen-bond acceptors (Lipinski definition) is 2. The number of likely N-dealkylation sites (tertiary alicyclic amines) is 1. The first-order valence-electron chi connectivity index (χ1n) is 10.2. The maximum atomic E-state index is 4.54. The first kappa shape index (κ1) is 18.6. The van der Waals surface area contributed by atoms with Crippen LogP contribution >= 0.6 is 0 Å². The van der Waals surface area contributed by atoms with Crippen LogP contribution < -0.4 is 5.32 Å². The van der Waals surface area contributed by atoms with E-state index < -0.39 is 0 Å². The van der Waals surface area contributed by atoms with Gasteiger partial charge in [0.05, 0.1) is 12.4 Å². The highest BCUT2D eigenvalue weighted by Gasteiger charge is 2.28. The van der Waals surface area contributed by atoms with Crippen molar-refractivity contribution in [3.63, 3.8) is 0 Å². The first-order chi connectivity index (χ1) is 13.7. The number of aliphatic imine (C=N–C) groups is 1. The van der Waals surface area contributed by atoms with Crippen molar-refractivity contribution in [1.82, 2.24) is 24.8 Å². The molecule has 1 fully saturated rings. The van der Waals surface area contributed by atoms with Crippen LogP contribution in [0.3, 0.4) is 0 Å². The summed E-state index contributed by atoms with van der Waals surface area (Å²) in [5, 5.41) is 4.89. The maximum absolute atomic E-state index is 4.54. The molecular formula is C22H30N6. The molecule has 1 aliphatic rings. The molecule has 1 aliphatic heterocycles. The lowest BCUT2D eigenvalue weighted by atomic mass is 9.93. The van der Waals surface area contributed by atoms with E-state index in [1.807, 2.05) is 19.6 Å². The number of aromatic amines is 1. The Morgan fingerprint density at radius 2 is 2.29 bits per heavy atom. The Hall–Kier alpha value is -2.76. The van der Waals surface area contributed by atoms with Gasteiger partial charge in [0, 0.05) is 56.2 Å². The number of rotatable bonds is 4. The monoisotopic (exact) mass is 378 g/mol. The smallest absolute Gasteiger partial charge is 0.193 e. The zero-order valence-corrected chi connectivity index (χ0v) is 17.0. The molecule has 0 aliphatic carbocycles. The SMILES string of the molecule is CN=C(NCCc1c[nH]c2cc(C)ccc12)N1CCC(C)C(n2ccnc2)C1. The van der Waals surface area contributed by atoms with Crippen molar-refractivity contribution in [1.29, 1.82) is 0 Å². The Bertz CT molecular complexity index is 939. The zero-order valence-electron chi connectivity index (χ0n) is 17.0. The molecule has 2 unspecified atom stereocenters. The highest BCUT2D eigenvalue weighted by Crippen LogP contribution is 2.27. The molecule has 6 nitrogen and oxygen atoms in total. The van der Waals surface area contributed by atoms with Gasteiger partial charge in [-0.1, -0.05) is 19.1 Å². The predicted molar refractivity (Wildman–Crippen MR) is 115 cm³/mol. The highest BCUT2D eigenvalue weighted by atomic mass is 15.3. The number of aryl methyl sites for hydroxylation is 1. The van der Waals surface area contributed by atoms with Crippen molar-refractivity contribution < 1.29 is 0 Å². The van der Waals surface area contributed by atoms with E-state index in [2.05, 4.69) is 74.2 Å². The Balaban J connectivity index is 1.38. The van der Waals surface area contributed by atoms with Crippen LogP contribution in [0.1, 0.15) is 30.5 Å². The maximum Gasteiger partial charge on any atom is 0.193 e. The van der Waals surface area contributed by atoms with E-state index in [1.54, 1.807) is 0 Å². The molecule has 4 rings (SSSR count). The summed E-state index contributed by atoms with van der Waals surface area (Å²) >= 11 is 0. The summed E-state index contributed by atoms with van der Waals surface area (Å²) in [5.74, 6) is 1.63. The van der Waals surface area contributed by atoms with Crippen molar-refractivity contribution in [3.05, 3.63) is 54.2 Å². The average Bonchev–Trinajstić information content (AvgIpc) is 3.36. The molecule has 3 heterocycles. The van der Waals surface area contributed by atoms with Gasteiger partial charge in [0.2, 0.25) is 0 Å². The Kier molecular flexibility index (Phi) is 5.37. The van der Waals surface area contributed by atoms with Gasteiger partial charge in [-0.25, -0.2) is 4.98 Å². The quantitative estimate of drug-likeness (QED) is 0.540. The molecule has 1 aromatic carbocycles. The van der Waals surface area contributed by atoms with Crippen LogP contribution in [0.25, 0.3) is 10.9 Å². The fraction of sp³-hybridized carbons (Fsp3) is 0.455. The Morgan fingerprint density at radius 1 is 1.39 bits per heavy atom. The molecule has 2 atom stereocenters. The van der Waals surface area contributed by atoms with Crippen molar-refractivity contribution in [3.8, 4) is 0 Å². The minimum absolute atomic E-state index is 0.437. The van der Waals surface area contributed by atoms with Crippen molar-refractivity contribution in [2.75, 3.05) is 26.7 Å². The van der Waals surface area contributed by atoms with Gasteiger partial charge in [0.25, 0.3) is 0 Å². The van der Waals surface area contributed by atoms with Crippen LogP contribution in [0, 0.1) is 12.8 Å². The topological polar surface area (TPSA) is 61.2 Å². The van der Waals surface area contributed by atoms with Crippen molar-refractivity contribution >= 4 is 16.9 Å². The number of nitrogens with one attached hydrogen (secondary N) is 2. The molecule has 1 saturated heterocycles. The summed E-state index contributed by atoms with van der Waals surface area (Å²) in [6, 6.07) is 7.03. The Labute approximate surface area is 166 Å². The normalized spacial score (nSPS) is 20.7.